The van der Waals surface area contributed by atoms with Crippen LogP contribution in [0.1, 0.15) is 31.1 Å². The van der Waals surface area contributed by atoms with Gasteiger partial charge in [-0.2, -0.15) is 0 Å². The summed E-state index contributed by atoms with van der Waals surface area (Å²) < 4.78 is 14.2. The minimum atomic E-state index is -0.238. The lowest BCUT2D eigenvalue weighted by Crippen LogP contribution is -2.26. The molecule has 0 bridgehead atoms. The van der Waals surface area contributed by atoms with Crippen LogP contribution in [0, 0.1) is 5.82 Å². The van der Waals surface area contributed by atoms with Gasteiger partial charge in [-0.05, 0) is 37.6 Å². The zero-order valence-corrected chi connectivity index (χ0v) is 11.9. The average molecular weight is 273 g/mol. The van der Waals surface area contributed by atoms with Crippen molar-refractivity contribution in [2.45, 2.75) is 26.4 Å². The third-order valence-electron chi connectivity index (χ3n) is 3.29. The molecule has 1 atom stereocenters. The van der Waals surface area contributed by atoms with Crippen molar-refractivity contribution in [3.8, 4) is 0 Å². The van der Waals surface area contributed by atoms with E-state index in [-0.39, 0.29) is 11.9 Å². The van der Waals surface area contributed by atoms with E-state index in [0.29, 0.717) is 18.8 Å². The molecule has 0 aliphatic heterocycles. The Hall–Kier alpha value is -1.94. The van der Waals surface area contributed by atoms with Crippen LogP contribution in [-0.2, 0) is 6.54 Å². The number of hydrogen-bond acceptors (Lipinski definition) is 3. The Bertz CT molecular complexity index is 555. The molecule has 1 aromatic heterocycles. The molecule has 2 aromatic rings. The van der Waals surface area contributed by atoms with E-state index >= 15 is 0 Å². The number of nitrogens with two attached hydrogens (primary N) is 1. The molecule has 1 aromatic carbocycles. The molecule has 0 fully saturated rings. The number of aromatic nitrogens is 1. The molecular weight excluding hydrogens is 253 g/mol. The highest BCUT2D eigenvalue weighted by Crippen LogP contribution is 2.29. The smallest absolute Gasteiger partial charge is 0.146 e. The van der Waals surface area contributed by atoms with Crippen LogP contribution < -0.4 is 10.6 Å². The fraction of sp³-hybridized carbons (Fsp3) is 0.312. The highest BCUT2D eigenvalue weighted by atomic mass is 19.1. The highest BCUT2D eigenvalue weighted by Gasteiger charge is 2.17. The van der Waals surface area contributed by atoms with Gasteiger partial charge in [0.1, 0.15) is 5.82 Å². The molecule has 0 spiro atoms. The van der Waals surface area contributed by atoms with Gasteiger partial charge in [0.25, 0.3) is 0 Å². The van der Waals surface area contributed by atoms with E-state index < -0.39 is 0 Å². The summed E-state index contributed by atoms with van der Waals surface area (Å²) in [5.74, 6) is -0.238. The van der Waals surface area contributed by atoms with Gasteiger partial charge in [-0.25, -0.2) is 4.39 Å². The second kappa shape index (κ2) is 6.48. The maximum Gasteiger partial charge on any atom is 0.146 e. The van der Waals surface area contributed by atoms with Crippen molar-refractivity contribution in [3.05, 3.63) is 59.7 Å². The number of anilines is 1. The van der Waals surface area contributed by atoms with Crippen molar-refractivity contribution < 1.29 is 4.39 Å². The van der Waals surface area contributed by atoms with E-state index in [0.717, 1.165) is 11.3 Å². The van der Waals surface area contributed by atoms with Gasteiger partial charge in [-0.1, -0.05) is 18.2 Å². The summed E-state index contributed by atoms with van der Waals surface area (Å²) >= 11 is 0. The Morgan fingerprint density at radius 1 is 1.25 bits per heavy atom. The first-order valence-electron chi connectivity index (χ1n) is 6.82. The predicted molar refractivity (Wildman–Crippen MR) is 80.0 cm³/mol. The Morgan fingerprint density at radius 3 is 2.65 bits per heavy atom. The van der Waals surface area contributed by atoms with Gasteiger partial charge < -0.3 is 10.6 Å². The predicted octanol–water partition coefficient (Wildman–Crippen LogP) is 3.27. The molecule has 0 radical (unpaired) electrons. The SMILES string of the molecule is CCN(Cc1ccccn1)c1c(F)cccc1[C@H](C)N. The van der Waals surface area contributed by atoms with Gasteiger partial charge >= 0.3 is 0 Å². The summed E-state index contributed by atoms with van der Waals surface area (Å²) in [6.45, 7) is 5.13. The molecule has 0 aliphatic carbocycles. The van der Waals surface area contributed by atoms with Crippen molar-refractivity contribution in [2.75, 3.05) is 11.4 Å². The number of nitrogens with zero attached hydrogens (tertiary/aromatic N) is 2. The van der Waals surface area contributed by atoms with Crippen molar-refractivity contribution in [1.82, 2.24) is 4.98 Å². The molecule has 0 amide bonds. The Kier molecular flexibility index (Phi) is 4.69. The second-order valence-electron chi connectivity index (χ2n) is 4.80. The molecule has 3 nitrogen and oxygen atoms in total. The van der Waals surface area contributed by atoms with E-state index in [1.54, 1.807) is 12.3 Å². The summed E-state index contributed by atoms with van der Waals surface area (Å²) in [4.78, 5) is 6.27. The minimum absolute atomic E-state index is 0.210. The van der Waals surface area contributed by atoms with Crippen LogP contribution in [-0.4, -0.2) is 11.5 Å². The fourth-order valence-corrected chi connectivity index (χ4v) is 2.27. The highest BCUT2D eigenvalue weighted by molar-refractivity contribution is 5.56. The van der Waals surface area contributed by atoms with Crippen molar-refractivity contribution in [3.63, 3.8) is 0 Å². The van der Waals surface area contributed by atoms with Crippen LogP contribution in [0.15, 0.2) is 42.6 Å². The summed E-state index contributed by atoms with van der Waals surface area (Å²) in [6, 6.07) is 10.6. The summed E-state index contributed by atoms with van der Waals surface area (Å²) in [5.41, 5.74) is 8.27. The van der Waals surface area contributed by atoms with E-state index in [1.165, 1.54) is 6.07 Å². The monoisotopic (exact) mass is 273 g/mol. The zero-order chi connectivity index (χ0) is 14.5. The molecule has 0 saturated carbocycles. The molecule has 106 valence electrons. The van der Waals surface area contributed by atoms with Crippen LogP contribution in [0.5, 0.6) is 0 Å². The molecular formula is C16H20FN3. The van der Waals surface area contributed by atoms with Crippen molar-refractivity contribution >= 4 is 5.69 Å². The first-order chi connectivity index (χ1) is 9.63. The summed E-state index contributed by atoms with van der Waals surface area (Å²) in [7, 11) is 0. The number of benzene rings is 1. The molecule has 4 heteroatoms. The number of pyridine rings is 1. The van der Waals surface area contributed by atoms with Gasteiger partial charge in [0, 0.05) is 18.8 Å². The lowest BCUT2D eigenvalue weighted by molar-refractivity contribution is 0.610. The first-order valence-corrected chi connectivity index (χ1v) is 6.82. The van der Waals surface area contributed by atoms with Crippen molar-refractivity contribution in [1.29, 1.82) is 0 Å². The van der Waals surface area contributed by atoms with Gasteiger partial charge in [0.05, 0.1) is 17.9 Å². The third-order valence-corrected chi connectivity index (χ3v) is 3.29. The Balaban J connectivity index is 2.37. The lowest BCUT2D eigenvalue weighted by atomic mass is 10.0. The van der Waals surface area contributed by atoms with Crippen LogP contribution in [0.2, 0.25) is 0 Å². The van der Waals surface area contributed by atoms with Crippen LogP contribution in [0.3, 0.4) is 0 Å². The maximum atomic E-state index is 14.2. The molecule has 1 heterocycles. The topological polar surface area (TPSA) is 42.2 Å². The van der Waals surface area contributed by atoms with E-state index in [2.05, 4.69) is 4.98 Å². The van der Waals surface area contributed by atoms with Crippen LogP contribution in [0.25, 0.3) is 0 Å². The Morgan fingerprint density at radius 2 is 2.05 bits per heavy atom. The number of halogens is 1. The van der Waals surface area contributed by atoms with Crippen molar-refractivity contribution in [2.24, 2.45) is 5.73 Å². The van der Waals surface area contributed by atoms with E-state index in [1.807, 2.05) is 43.0 Å². The normalized spacial score (nSPS) is 12.2. The number of rotatable bonds is 5. The third kappa shape index (κ3) is 3.14. The largest absolute Gasteiger partial charge is 0.363 e. The zero-order valence-electron chi connectivity index (χ0n) is 11.9. The molecule has 2 N–H and O–H groups in total. The summed E-state index contributed by atoms with van der Waals surface area (Å²) in [5, 5.41) is 0. The quantitative estimate of drug-likeness (QED) is 0.909. The van der Waals surface area contributed by atoms with Crippen LogP contribution in [0.4, 0.5) is 10.1 Å². The second-order valence-corrected chi connectivity index (χ2v) is 4.80. The molecule has 0 aliphatic rings. The van der Waals surface area contributed by atoms with Gasteiger partial charge in [0.2, 0.25) is 0 Å². The molecule has 0 saturated heterocycles. The first kappa shape index (κ1) is 14.5. The average Bonchev–Trinajstić information content (AvgIpc) is 2.46. The van der Waals surface area contributed by atoms with Gasteiger partial charge in [-0.15, -0.1) is 0 Å². The van der Waals surface area contributed by atoms with Gasteiger partial charge in [0.15, 0.2) is 0 Å². The fourth-order valence-electron chi connectivity index (χ4n) is 2.27. The minimum Gasteiger partial charge on any atom is -0.363 e. The lowest BCUT2D eigenvalue weighted by Gasteiger charge is -2.27. The van der Waals surface area contributed by atoms with Gasteiger partial charge in [-0.3, -0.25) is 4.98 Å². The molecule has 20 heavy (non-hydrogen) atoms. The Labute approximate surface area is 119 Å². The van der Waals surface area contributed by atoms with E-state index in [9.17, 15) is 4.39 Å². The number of hydrogen-bond donors (Lipinski definition) is 1. The standard InChI is InChI=1S/C16H20FN3/c1-3-20(11-13-7-4-5-10-19-13)16-14(12(2)18)8-6-9-15(16)17/h4-10,12H,3,11,18H2,1-2H3/t12-/m0/s1. The molecule has 2 rings (SSSR count). The summed E-state index contributed by atoms with van der Waals surface area (Å²) in [6.07, 6.45) is 1.75. The van der Waals surface area contributed by atoms with Crippen LogP contribution >= 0.6 is 0 Å². The maximum absolute atomic E-state index is 14.2. The molecule has 0 unspecified atom stereocenters. The number of para-hydroxylation sites is 1. The van der Waals surface area contributed by atoms with E-state index in [4.69, 9.17) is 5.73 Å².